The van der Waals surface area contributed by atoms with Crippen LogP contribution in [0.3, 0.4) is 0 Å². The van der Waals surface area contributed by atoms with Gasteiger partial charge in [0.1, 0.15) is 0 Å². The lowest BCUT2D eigenvalue weighted by atomic mass is 10.2. The normalized spacial score (nSPS) is 21.4. The molecule has 2 heterocycles. The third kappa shape index (κ3) is 2.24. The van der Waals surface area contributed by atoms with Crippen molar-refractivity contribution in [3.63, 3.8) is 0 Å². The lowest BCUT2D eigenvalue weighted by Crippen LogP contribution is -2.18. The number of benzene rings is 1. The smallest absolute Gasteiger partial charge is 0.151 e. The molecule has 0 bridgehead atoms. The first kappa shape index (κ1) is 10.6. The van der Waals surface area contributed by atoms with Gasteiger partial charge in [0.25, 0.3) is 0 Å². The van der Waals surface area contributed by atoms with Crippen LogP contribution in [0.25, 0.3) is 10.2 Å². The molecule has 1 aliphatic heterocycles. The van der Waals surface area contributed by atoms with Crippen LogP contribution in [0.2, 0.25) is 0 Å². The molecule has 0 radical (unpaired) electrons. The molecule has 84 valence electrons. The van der Waals surface area contributed by atoms with E-state index in [4.69, 9.17) is 4.74 Å². The topological polar surface area (TPSA) is 22.1 Å². The summed E-state index contributed by atoms with van der Waals surface area (Å²) >= 11 is 3.66. The summed E-state index contributed by atoms with van der Waals surface area (Å²) in [5, 5.41) is 0.592. The van der Waals surface area contributed by atoms with Crippen LogP contribution in [-0.4, -0.2) is 23.4 Å². The number of ether oxygens (including phenoxy) is 1. The zero-order valence-corrected chi connectivity index (χ0v) is 10.5. The van der Waals surface area contributed by atoms with Crippen molar-refractivity contribution in [3.05, 3.63) is 24.3 Å². The Hall–Kier alpha value is -0.580. The number of nitrogens with zero attached hydrogens (tertiary/aromatic N) is 1. The first-order valence-corrected chi connectivity index (χ1v) is 7.21. The van der Waals surface area contributed by atoms with Crippen molar-refractivity contribution >= 4 is 33.3 Å². The molecule has 1 atom stereocenters. The van der Waals surface area contributed by atoms with Crippen LogP contribution in [0.15, 0.2) is 28.6 Å². The summed E-state index contributed by atoms with van der Waals surface area (Å²) in [6, 6.07) is 8.32. The summed E-state index contributed by atoms with van der Waals surface area (Å²) in [4.78, 5) is 4.63. The van der Waals surface area contributed by atoms with E-state index in [2.05, 4.69) is 23.2 Å². The minimum Gasteiger partial charge on any atom is -0.380 e. The SMILES string of the molecule is c1ccc2sc(S[C@H]3CCCOC3)nc2c1. The molecule has 1 aliphatic rings. The van der Waals surface area contributed by atoms with Crippen molar-refractivity contribution in [2.45, 2.75) is 22.4 Å². The van der Waals surface area contributed by atoms with Gasteiger partial charge in [-0.05, 0) is 25.0 Å². The number of aromatic nitrogens is 1. The summed E-state index contributed by atoms with van der Waals surface area (Å²) in [6.45, 7) is 1.80. The van der Waals surface area contributed by atoms with Crippen LogP contribution in [0, 0.1) is 0 Å². The second kappa shape index (κ2) is 4.73. The molecule has 2 aromatic rings. The van der Waals surface area contributed by atoms with E-state index in [0.29, 0.717) is 5.25 Å². The van der Waals surface area contributed by atoms with E-state index < -0.39 is 0 Å². The third-order valence-electron chi connectivity index (χ3n) is 2.66. The van der Waals surface area contributed by atoms with Gasteiger partial charge < -0.3 is 4.74 Å². The average Bonchev–Trinajstić information content (AvgIpc) is 2.72. The number of hydrogen-bond donors (Lipinski definition) is 0. The zero-order chi connectivity index (χ0) is 10.8. The maximum atomic E-state index is 5.48. The Balaban J connectivity index is 1.78. The fourth-order valence-electron chi connectivity index (χ4n) is 1.85. The summed E-state index contributed by atoms with van der Waals surface area (Å²) in [7, 11) is 0. The van der Waals surface area contributed by atoms with Crippen molar-refractivity contribution in [1.29, 1.82) is 0 Å². The zero-order valence-electron chi connectivity index (χ0n) is 8.89. The van der Waals surface area contributed by atoms with Crippen LogP contribution in [0.5, 0.6) is 0 Å². The van der Waals surface area contributed by atoms with Gasteiger partial charge in [0.15, 0.2) is 4.34 Å². The van der Waals surface area contributed by atoms with Crippen molar-refractivity contribution in [2.75, 3.05) is 13.2 Å². The van der Waals surface area contributed by atoms with Crippen LogP contribution >= 0.6 is 23.1 Å². The summed E-state index contributed by atoms with van der Waals surface area (Å²) in [5.41, 5.74) is 1.12. The molecule has 1 aromatic carbocycles. The maximum absolute atomic E-state index is 5.48. The Bertz CT molecular complexity index is 444. The van der Waals surface area contributed by atoms with Gasteiger partial charge in [0.2, 0.25) is 0 Å². The van der Waals surface area contributed by atoms with Gasteiger partial charge in [-0.2, -0.15) is 0 Å². The molecular weight excluding hydrogens is 238 g/mol. The van der Waals surface area contributed by atoms with E-state index in [1.54, 1.807) is 11.3 Å². The first-order valence-electron chi connectivity index (χ1n) is 5.52. The molecule has 3 rings (SSSR count). The summed E-state index contributed by atoms with van der Waals surface area (Å²) in [5.74, 6) is 0. The lowest BCUT2D eigenvalue weighted by Gasteiger charge is -2.20. The number of thioether (sulfide) groups is 1. The average molecular weight is 251 g/mol. The number of rotatable bonds is 2. The van der Waals surface area contributed by atoms with Crippen molar-refractivity contribution in [2.24, 2.45) is 0 Å². The highest BCUT2D eigenvalue weighted by atomic mass is 32.2. The Morgan fingerprint density at radius 2 is 2.31 bits per heavy atom. The van der Waals surface area contributed by atoms with E-state index in [9.17, 15) is 0 Å². The molecule has 1 saturated heterocycles. The monoisotopic (exact) mass is 251 g/mol. The Labute approximate surface area is 103 Å². The molecule has 1 fully saturated rings. The molecule has 4 heteroatoms. The Morgan fingerprint density at radius 1 is 1.38 bits per heavy atom. The Morgan fingerprint density at radius 3 is 3.12 bits per heavy atom. The van der Waals surface area contributed by atoms with Gasteiger partial charge in [0.05, 0.1) is 16.8 Å². The van der Waals surface area contributed by atoms with Crippen molar-refractivity contribution in [1.82, 2.24) is 4.98 Å². The van der Waals surface area contributed by atoms with Crippen LogP contribution in [0.1, 0.15) is 12.8 Å². The molecule has 0 aliphatic carbocycles. The van der Waals surface area contributed by atoms with Gasteiger partial charge in [0, 0.05) is 11.9 Å². The number of hydrogen-bond acceptors (Lipinski definition) is 4. The van der Waals surface area contributed by atoms with E-state index in [1.165, 1.54) is 21.9 Å². The van der Waals surface area contributed by atoms with E-state index in [-0.39, 0.29) is 0 Å². The van der Waals surface area contributed by atoms with Gasteiger partial charge >= 0.3 is 0 Å². The number of thiazole rings is 1. The van der Waals surface area contributed by atoms with E-state index in [0.717, 1.165) is 18.7 Å². The van der Waals surface area contributed by atoms with Gasteiger partial charge in [-0.15, -0.1) is 11.3 Å². The van der Waals surface area contributed by atoms with Gasteiger partial charge in [-0.25, -0.2) is 4.98 Å². The minimum atomic E-state index is 0.592. The summed E-state index contributed by atoms with van der Waals surface area (Å²) in [6.07, 6.45) is 2.43. The maximum Gasteiger partial charge on any atom is 0.151 e. The molecular formula is C12H13NOS2. The fraction of sp³-hybridized carbons (Fsp3) is 0.417. The Kier molecular flexibility index (Phi) is 3.13. The molecule has 0 unspecified atom stereocenters. The van der Waals surface area contributed by atoms with Gasteiger partial charge in [-0.1, -0.05) is 23.9 Å². The first-order chi connectivity index (χ1) is 7.92. The predicted octanol–water partition coefficient (Wildman–Crippen LogP) is 3.57. The number of fused-ring (bicyclic) bond motifs is 1. The molecule has 0 amide bonds. The quantitative estimate of drug-likeness (QED) is 0.814. The lowest BCUT2D eigenvalue weighted by molar-refractivity contribution is 0.101. The van der Waals surface area contributed by atoms with Crippen molar-refractivity contribution in [3.8, 4) is 0 Å². The summed E-state index contributed by atoms with van der Waals surface area (Å²) < 4.78 is 7.94. The highest BCUT2D eigenvalue weighted by molar-refractivity contribution is 8.01. The second-order valence-corrected chi connectivity index (χ2v) is 6.48. The highest BCUT2D eigenvalue weighted by Crippen LogP contribution is 2.34. The number of para-hydroxylation sites is 1. The van der Waals surface area contributed by atoms with Crippen molar-refractivity contribution < 1.29 is 4.74 Å². The molecule has 0 saturated carbocycles. The fourth-order valence-corrected chi connectivity index (χ4v) is 4.30. The molecule has 0 spiro atoms. The van der Waals surface area contributed by atoms with E-state index in [1.807, 2.05) is 17.8 Å². The molecule has 0 N–H and O–H groups in total. The van der Waals surface area contributed by atoms with E-state index >= 15 is 0 Å². The molecule has 16 heavy (non-hydrogen) atoms. The standard InChI is InChI=1S/C12H13NOS2/c1-2-6-11-10(5-1)13-12(16-11)15-9-4-3-7-14-8-9/h1-2,5-6,9H,3-4,7-8H2/t9-/m0/s1. The highest BCUT2D eigenvalue weighted by Gasteiger charge is 2.17. The second-order valence-electron chi connectivity index (χ2n) is 3.90. The van der Waals surface area contributed by atoms with Crippen LogP contribution < -0.4 is 0 Å². The largest absolute Gasteiger partial charge is 0.380 e. The molecule has 2 nitrogen and oxygen atoms in total. The molecule has 1 aromatic heterocycles. The third-order valence-corrected chi connectivity index (χ3v) is 5.03. The van der Waals surface area contributed by atoms with Crippen LogP contribution in [0.4, 0.5) is 0 Å². The predicted molar refractivity (Wildman–Crippen MR) is 69.3 cm³/mol. The van der Waals surface area contributed by atoms with Crippen LogP contribution in [-0.2, 0) is 4.74 Å². The van der Waals surface area contributed by atoms with Gasteiger partial charge in [-0.3, -0.25) is 0 Å². The minimum absolute atomic E-state index is 0.592.